The highest BCUT2D eigenvalue weighted by atomic mass is 19.4. The van der Waals surface area contributed by atoms with Gasteiger partial charge in [-0.3, -0.25) is 0 Å². The van der Waals surface area contributed by atoms with Gasteiger partial charge in [0.1, 0.15) is 0 Å². The van der Waals surface area contributed by atoms with Crippen LogP contribution in [0, 0.1) is 11.8 Å². The lowest BCUT2D eigenvalue weighted by Crippen LogP contribution is -2.52. The molecule has 0 aromatic carbocycles. The molecule has 0 unspecified atom stereocenters. The zero-order chi connectivity index (χ0) is 15.4. The number of nitrogens with one attached hydrogen (secondary N) is 1. The van der Waals surface area contributed by atoms with Crippen LogP contribution in [0.4, 0.5) is 13.2 Å². The second-order valence-corrected chi connectivity index (χ2v) is 6.15. The van der Waals surface area contributed by atoms with Crippen LogP contribution in [0.15, 0.2) is 0 Å². The van der Waals surface area contributed by atoms with Gasteiger partial charge in [0.2, 0.25) is 0 Å². The molecule has 0 aromatic heterocycles. The summed E-state index contributed by atoms with van der Waals surface area (Å²) >= 11 is 0. The number of hydrogen-bond acceptors (Lipinski definition) is 4. The molecule has 20 heavy (non-hydrogen) atoms. The molecular formula is C12H24BF3N2O2. The molecule has 1 aliphatic carbocycles. The first-order valence-electron chi connectivity index (χ1n) is 7.02. The number of nitrogens with two attached hydrogens (primary N) is 1. The van der Waals surface area contributed by atoms with E-state index in [1.165, 1.54) is 0 Å². The molecule has 1 fully saturated rings. The Bertz CT molecular complexity index is 301. The Morgan fingerprint density at radius 1 is 1.35 bits per heavy atom. The smallest absolute Gasteiger partial charge is 0.427 e. The average molecular weight is 296 g/mol. The monoisotopic (exact) mass is 296 g/mol. The molecule has 0 amide bonds. The molecular weight excluding hydrogens is 272 g/mol. The lowest BCUT2D eigenvalue weighted by atomic mass is 9.67. The number of alkyl halides is 3. The Labute approximate surface area is 118 Å². The molecule has 0 saturated heterocycles. The summed E-state index contributed by atoms with van der Waals surface area (Å²) in [6, 6.07) is 0. The lowest BCUT2D eigenvalue weighted by Gasteiger charge is -2.42. The van der Waals surface area contributed by atoms with Crippen LogP contribution >= 0.6 is 0 Å². The van der Waals surface area contributed by atoms with Gasteiger partial charge in [-0.1, -0.05) is 12.8 Å². The van der Waals surface area contributed by atoms with Gasteiger partial charge in [0.05, 0.1) is 6.54 Å². The minimum atomic E-state index is -4.19. The molecule has 1 aliphatic rings. The Hall–Kier alpha value is -0.305. The van der Waals surface area contributed by atoms with Gasteiger partial charge in [-0.2, -0.15) is 13.2 Å². The fraction of sp³-hybridized carbons (Fsp3) is 1.00. The molecule has 0 spiro atoms. The number of halogens is 3. The molecule has 0 radical (unpaired) electrons. The molecule has 1 saturated carbocycles. The van der Waals surface area contributed by atoms with E-state index in [9.17, 15) is 13.2 Å². The predicted octanol–water partition coefficient (Wildman–Crippen LogP) is 1.13. The van der Waals surface area contributed by atoms with Gasteiger partial charge in [-0.15, -0.1) is 0 Å². The van der Waals surface area contributed by atoms with Crippen molar-refractivity contribution in [3.8, 4) is 0 Å². The molecule has 0 heterocycles. The van der Waals surface area contributed by atoms with Crippen LogP contribution in [0.2, 0.25) is 6.32 Å². The summed E-state index contributed by atoms with van der Waals surface area (Å²) in [6.07, 6.45) is -0.843. The maximum absolute atomic E-state index is 12.1. The summed E-state index contributed by atoms with van der Waals surface area (Å²) in [4.78, 5) is 0. The van der Waals surface area contributed by atoms with Crippen molar-refractivity contribution in [3.63, 3.8) is 0 Å². The molecule has 118 valence electrons. The first-order valence-corrected chi connectivity index (χ1v) is 7.02. The zero-order valence-electron chi connectivity index (χ0n) is 11.8. The van der Waals surface area contributed by atoms with Crippen molar-refractivity contribution in [2.24, 2.45) is 17.6 Å². The molecule has 4 nitrogen and oxygen atoms in total. The summed E-state index contributed by atoms with van der Waals surface area (Å²) < 4.78 is 36.3. The van der Waals surface area contributed by atoms with E-state index < -0.39 is 25.4 Å². The number of hydrogen-bond donors (Lipinski definition) is 4. The van der Waals surface area contributed by atoms with Crippen molar-refractivity contribution in [3.05, 3.63) is 0 Å². The van der Waals surface area contributed by atoms with Gasteiger partial charge in [0.15, 0.2) is 0 Å². The highest BCUT2D eigenvalue weighted by molar-refractivity contribution is 6.40. The maximum atomic E-state index is 12.1. The van der Waals surface area contributed by atoms with Crippen molar-refractivity contribution < 1.29 is 23.2 Å². The highest BCUT2D eigenvalue weighted by Gasteiger charge is 2.37. The standard InChI is InChI=1S/C12H24BF3N2O2/c1-11(17)6-9(4-5-13(19)20)2-3-10(11)7-18-8-12(14,15)16/h9-10,18-20H,2-8,17H2,1H3/t9-,10-,11+/m0/s1. The van der Waals surface area contributed by atoms with Crippen molar-refractivity contribution in [1.82, 2.24) is 5.32 Å². The van der Waals surface area contributed by atoms with E-state index >= 15 is 0 Å². The minimum absolute atomic E-state index is 0.0140. The highest BCUT2D eigenvalue weighted by Crippen LogP contribution is 2.37. The van der Waals surface area contributed by atoms with E-state index in [1.807, 2.05) is 6.92 Å². The van der Waals surface area contributed by atoms with Gasteiger partial charge in [-0.05, 0) is 37.9 Å². The van der Waals surface area contributed by atoms with E-state index in [2.05, 4.69) is 5.32 Å². The third-order valence-electron chi connectivity index (χ3n) is 4.13. The summed E-state index contributed by atoms with van der Waals surface area (Å²) in [7, 11) is -1.30. The number of rotatable bonds is 6. The molecule has 0 aromatic rings. The molecule has 1 rings (SSSR count). The van der Waals surface area contributed by atoms with E-state index in [1.54, 1.807) is 0 Å². The molecule has 8 heteroatoms. The Morgan fingerprint density at radius 2 is 2.00 bits per heavy atom. The summed E-state index contributed by atoms with van der Waals surface area (Å²) in [6.45, 7) is 1.15. The Kier molecular flexibility index (Phi) is 6.31. The third-order valence-corrected chi connectivity index (χ3v) is 4.13. The summed E-state index contributed by atoms with van der Waals surface area (Å²) in [5.74, 6) is 0.325. The Morgan fingerprint density at radius 3 is 2.50 bits per heavy atom. The van der Waals surface area contributed by atoms with Gasteiger partial charge in [0, 0.05) is 12.1 Å². The van der Waals surface area contributed by atoms with Crippen LogP contribution in [0.5, 0.6) is 0 Å². The Balaban J connectivity index is 2.37. The molecule has 3 atom stereocenters. The fourth-order valence-corrected chi connectivity index (χ4v) is 3.01. The van der Waals surface area contributed by atoms with Crippen LogP contribution < -0.4 is 11.1 Å². The molecule has 0 bridgehead atoms. The van der Waals surface area contributed by atoms with Crippen molar-refractivity contribution in [2.75, 3.05) is 13.1 Å². The van der Waals surface area contributed by atoms with Gasteiger partial charge >= 0.3 is 13.3 Å². The van der Waals surface area contributed by atoms with E-state index in [-0.39, 0.29) is 12.5 Å². The van der Waals surface area contributed by atoms with Crippen molar-refractivity contribution in [1.29, 1.82) is 0 Å². The first kappa shape index (κ1) is 17.7. The zero-order valence-corrected chi connectivity index (χ0v) is 11.8. The normalized spacial score (nSPS) is 31.4. The van der Waals surface area contributed by atoms with Crippen LogP contribution in [-0.4, -0.2) is 42.0 Å². The van der Waals surface area contributed by atoms with Crippen molar-refractivity contribution >= 4 is 7.12 Å². The minimum Gasteiger partial charge on any atom is -0.427 e. The molecule has 0 aliphatic heterocycles. The van der Waals surface area contributed by atoms with Gasteiger partial charge in [0.25, 0.3) is 0 Å². The summed E-state index contributed by atoms with van der Waals surface area (Å²) in [5.41, 5.74) is 5.71. The van der Waals surface area contributed by atoms with Crippen molar-refractivity contribution in [2.45, 2.75) is 50.6 Å². The first-order chi connectivity index (χ1) is 9.10. The second-order valence-electron chi connectivity index (χ2n) is 6.15. The van der Waals surface area contributed by atoms with Gasteiger partial charge in [-0.25, -0.2) is 0 Å². The molecule has 5 N–H and O–H groups in total. The van der Waals surface area contributed by atoms with Crippen LogP contribution in [0.25, 0.3) is 0 Å². The van der Waals surface area contributed by atoms with Crippen LogP contribution in [-0.2, 0) is 0 Å². The van der Waals surface area contributed by atoms with Gasteiger partial charge < -0.3 is 21.1 Å². The lowest BCUT2D eigenvalue weighted by molar-refractivity contribution is -0.125. The van der Waals surface area contributed by atoms with E-state index in [0.717, 1.165) is 12.8 Å². The SMILES string of the molecule is C[C@@]1(N)C[C@H](CCB(O)O)CC[C@H]1CNCC(F)(F)F. The van der Waals surface area contributed by atoms with Crippen LogP contribution in [0.3, 0.4) is 0 Å². The van der Waals surface area contributed by atoms with E-state index in [4.69, 9.17) is 15.8 Å². The third kappa shape index (κ3) is 6.43. The van der Waals surface area contributed by atoms with Crippen LogP contribution in [0.1, 0.15) is 32.6 Å². The maximum Gasteiger partial charge on any atom is 0.451 e. The van der Waals surface area contributed by atoms with E-state index in [0.29, 0.717) is 25.1 Å². The largest absolute Gasteiger partial charge is 0.451 e. The predicted molar refractivity (Wildman–Crippen MR) is 72.0 cm³/mol. The topological polar surface area (TPSA) is 78.5 Å². The fourth-order valence-electron chi connectivity index (χ4n) is 3.01. The average Bonchev–Trinajstić information content (AvgIpc) is 2.26. The summed E-state index contributed by atoms with van der Waals surface area (Å²) in [5, 5.41) is 20.2. The quantitative estimate of drug-likeness (QED) is 0.554. The second kappa shape index (κ2) is 7.11.